The van der Waals surface area contributed by atoms with Crippen LogP contribution in [-0.2, 0) is 4.74 Å². The van der Waals surface area contributed by atoms with Crippen LogP contribution >= 0.6 is 0 Å². The van der Waals surface area contributed by atoms with Gasteiger partial charge in [-0.1, -0.05) is 18.2 Å². The Kier molecular flexibility index (Phi) is 2.83. The molecule has 3 rings (SSSR count). The standard InChI is InChI=1S/C15H21NO2/c1-15(2)12-8-7-10(9-16)17-14(12)11-5-3-4-6-13(11)18-15/h3-6,10,12,14H,7-9,16H2,1-2H3/t10-,12+,14-/m0/s1. The van der Waals surface area contributed by atoms with Crippen molar-refractivity contribution in [3.63, 3.8) is 0 Å². The Balaban J connectivity index is 2.00. The first-order valence-electron chi connectivity index (χ1n) is 6.75. The van der Waals surface area contributed by atoms with E-state index in [0.29, 0.717) is 12.5 Å². The van der Waals surface area contributed by atoms with E-state index in [1.807, 2.05) is 18.2 Å². The third kappa shape index (κ3) is 1.82. The lowest BCUT2D eigenvalue weighted by molar-refractivity contribution is -0.146. The molecule has 0 aromatic heterocycles. The highest BCUT2D eigenvalue weighted by Crippen LogP contribution is 2.50. The van der Waals surface area contributed by atoms with Gasteiger partial charge in [0.1, 0.15) is 11.4 Å². The molecule has 2 heterocycles. The van der Waals surface area contributed by atoms with E-state index in [4.69, 9.17) is 15.2 Å². The number of rotatable bonds is 1. The van der Waals surface area contributed by atoms with Crippen molar-refractivity contribution in [2.75, 3.05) is 6.54 Å². The summed E-state index contributed by atoms with van der Waals surface area (Å²) in [4.78, 5) is 0. The Morgan fingerprint density at radius 1 is 1.28 bits per heavy atom. The number of hydrogen-bond acceptors (Lipinski definition) is 3. The zero-order chi connectivity index (χ0) is 12.8. The van der Waals surface area contributed by atoms with Crippen molar-refractivity contribution in [3.8, 4) is 5.75 Å². The van der Waals surface area contributed by atoms with Gasteiger partial charge in [-0.15, -0.1) is 0 Å². The Morgan fingerprint density at radius 3 is 2.83 bits per heavy atom. The normalized spacial score (nSPS) is 33.2. The monoisotopic (exact) mass is 247 g/mol. The summed E-state index contributed by atoms with van der Waals surface area (Å²) in [6.45, 7) is 4.92. The van der Waals surface area contributed by atoms with Crippen molar-refractivity contribution in [2.45, 2.75) is 44.5 Å². The number of hydrogen-bond donors (Lipinski definition) is 1. The van der Waals surface area contributed by atoms with Gasteiger partial charge in [-0.3, -0.25) is 0 Å². The first-order chi connectivity index (χ1) is 8.62. The highest BCUT2D eigenvalue weighted by Gasteiger charge is 2.47. The van der Waals surface area contributed by atoms with Crippen LogP contribution in [0.5, 0.6) is 5.75 Å². The van der Waals surface area contributed by atoms with Crippen molar-refractivity contribution in [3.05, 3.63) is 29.8 Å². The fourth-order valence-corrected chi connectivity index (χ4v) is 3.23. The van der Waals surface area contributed by atoms with Crippen molar-refractivity contribution >= 4 is 0 Å². The summed E-state index contributed by atoms with van der Waals surface area (Å²) >= 11 is 0. The van der Waals surface area contributed by atoms with E-state index in [-0.39, 0.29) is 17.8 Å². The summed E-state index contributed by atoms with van der Waals surface area (Å²) in [6.07, 6.45) is 2.47. The molecule has 0 aliphatic carbocycles. The zero-order valence-electron chi connectivity index (χ0n) is 11.1. The van der Waals surface area contributed by atoms with Gasteiger partial charge < -0.3 is 15.2 Å². The van der Waals surface area contributed by atoms with Gasteiger partial charge in [-0.25, -0.2) is 0 Å². The van der Waals surface area contributed by atoms with Gasteiger partial charge in [0.15, 0.2) is 0 Å². The molecule has 1 aromatic carbocycles. The second-order valence-corrected chi connectivity index (χ2v) is 5.84. The van der Waals surface area contributed by atoms with Crippen LogP contribution in [0.1, 0.15) is 38.4 Å². The topological polar surface area (TPSA) is 44.5 Å². The van der Waals surface area contributed by atoms with Crippen LogP contribution in [0, 0.1) is 5.92 Å². The zero-order valence-corrected chi connectivity index (χ0v) is 11.1. The molecular weight excluding hydrogens is 226 g/mol. The largest absolute Gasteiger partial charge is 0.487 e. The first-order valence-corrected chi connectivity index (χ1v) is 6.75. The first kappa shape index (κ1) is 12.0. The molecule has 3 heteroatoms. The molecule has 1 aromatic rings. The van der Waals surface area contributed by atoms with Crippen LogP contribution in [0.15, 0.2) is 24.3 Å². The van der Waals surface area contributed by atoms with Gasteiger partial charge >= 0.3 is 0 Å². The predicted octanol–water partition coefficient (Wildman–Crippen LogP) is 2.65. The Morgan fingerprint density at radius 2 is 2.06 bits per heavy atom. The fraction of sp³-hybridized carbons (Fsp3) is 0.600. The van der Waals surface area contributed by atoms with Crippen molar-refractivity contribution in [1.29, 1.82) is 0 Å². The number of fused-ring (bicyclic) bond motifs is 3. The minimum atomic E-state index is -0.168. The second kappa shape index (κ2) is 4.25. The summed E-state index contributed by atoms with van der Waals surface area (Å²) in [5, 5.41) is 0. The number of nitrogens with two attached hydrogens (primary N) is 1. The predicted molar refractivity (Wildman–Crippen MR) is 70.5 cm³/mol. The summed E-state index contributed by atoms with van der Waals surface area (Å²) < 4.78 is 12.3. The molecule has 3 atom stereocenters. The number of para-hydroxylation sites is 1. The molecular formula is C15H21NO2. The molecule has 2 aliphatic heterocycles. The highest BCUT2D eigenvalue weighted by molar-refractivity contribution is 5.39. The molecule has 18 heavy (non-hydrogen) atoms. The molecule has 1 saturated heterocycles. The summed E-state index contributed by atoms with van der Waals surface area (Å²) in [5.74, 6) is 1.37. The molecule has 0 amide bonds. The highest BCUT2D eigenvalue weighted by atomic mass is 16.5. The maximum absolute atomic E-state index is 6.20. The van der Waals surface area contributed by atoms with Crippen LogP contribution < -0.4 is 10.5 Å². The number of ether oxygens (including phenoxy) is 2. The summed E-state index contributed by atoms with van der Waals surface area (Å²) in [6, 6.07) is 8.20. The summed E-state index contributed by atoms with van der Waals surface area (Å²) in [7, 11) is 0. The number of benzene rings is 1. The smallest absolute Gasteiger partial charge is 0.125 e. The minimum Gasteiger partial charge on any atom is -0.487 e. The van der Waals surface area contributed by atoms with Gasteiger partial charge in [0, 0.05) is 18.0 Å². The van der Waals surface area contributed by atoms with E-state index in [1.54, 1.807) is 0 Å². The van der Waals surface area contributed by atoms with E-state index in [0.717, 1.165) is 18.6 Å². The molecule has 0 spiro atoms. The van der Waals surface area contributed by atoms with Gasteiger partial charge in [-0.2, -0.15) is 0 Å². The summed E-state index contributed by atoms with van der Waals surface area (Å²) in [5.41, 5.74) is 6.77. The lowest BCUT2D eigenvalue weighted by Gasteiger charge is -2.48. The Bertz CT molecular complexity index is 444. The van der Waals surface area contributed by atoms with Crippen LogP contribution in [-0.4, -0.2) is 18.2 Å². The minimum absolute atomic E-state index is 0.132. The van der Waals surface area contributed by atoms with Gasteiger partial charge in [0.05, 0.1) is 12.2 Å². The fourth-order valence-electron chi connectivity index (χ4n) is 3.23. The third-order valence-electron chi connectivity index (χ3n) is 4.26. The molecule has 0 unspecified atom stereocenters. The van der Waals surface area contributed by atoms with Crippen LogP contribution in [0.25, 0.3) is 0 Å². The SMILES string of the molecule is CC1(C)Oc2ccccc2[C@@H]2O[C@H](CN)CC[C@H]21. The Labute approximate surface area is 108 Å². The molecule has 0 saturated carbocycles. The van der Waals surface area contributed by atoms with Crippen LogP contribution in [0.2, 0.25) is 0 Å². The van der Waals surface area contributed by atoms with E-state index < -0.39 is 0 Å². The molecule has 1 fully saturated rings. The van der Waals surface area contributed by atoms with Crippen molar-refractivity contribution in [1.82, 2.24) is 0 Å². The van der Waals surface area contributed by atoms with E-state index in [1.165, 1.54) is 5.56 Å². The molecule has 2 N–H and O–H groups in total. The van der Waals surface area contributed by atoms with Gasteiger partial charge in [-0.05, 0) is 32.8 Å². The van der Waals surface area contributed by atoms with Gasteiger partial charge in [0.25, 0.3) is 0 Å². The Hall–Kier alpha value is -1.06. The quantitative estimate of drug-likeness (QED) is 0.829. The average Bonchev–Trinajstić information content (AvgIpc) is 2.37. The second-order valence-electron chi connectivity index (χ2n) is 5.84. The van der Waals surface area contributed by atoms with E-state index >= 15 is 0 Å². The maximum atomic E-state index is 6.20. The third-order valence-corrected chi connectivity index (χ3v) is 4.26. The van der Waals surface area contributed by atoms with Crippen LogP contribution in [0.4, 0.5) is 0 Å². The van der Waals surface area contributed by atoms with Crippen LogP contribution in [0.3, 0.4) is 0 Å². The molecule has 2 aliphatic rings. The molecule has 0 bridgehead atoms. The lowest BCUT2D eigenvalue weighted by Crippen LogP contribution is -2.49. The molecule has 0 radical (unpaired) electrons. The van der Waals surface area contributed by atoms with E-state index in [2.05, 4.69) is 19.9 Å². The van der Waals surface area contributed by atoms with Crippen molar-refractivity contribution in [2.24, 2.45) is 11.7 Å². The molecule has 3 nitrogen and oxygen atoms in total. The average molecular weight is 247 g/mol. The van der Waals surface area contributed by atoms with Gasteiger partial charge in [0.2, 0.25) is 0 Å². The lowest BCUT2D eigenvalue weighted by atomic mass is 9.75. The van der Waals surface area contributed by atoms with E-state index in [9.17, 15) is 0 Å². The van der Waals surface area contributed by atoms with Crippen molar-refractivity contribution < 1.29 is 9.47 Å². The maximum Gasteiger partial charge on any atom is 0.125 e. The molecule has 98 valence electrons.